The summed E-state index contributed by atoms with van der Waals surface area (Å²) in [6.07, 6.45) is 1.39. The van der Waals surface area contributed by atoms with Crippen LogP contribution in [0.4, 0.5) is 4.79 Å². The molecule has 3 nitrogen and oxygen atoms in total. The third-order valence-corrected chi connectivity index (χ3v) is 5.60. The van der Waals surface area contributed by atoms with Gasteiger partial charge in [0.1, 0.15) is 5.60 Å². The maximum absolute atomic E-state index is 12.1. The standard InChI is InChI=1S/C13H17BrClNO2S/c1-13(2,3)18-12(17)16-6-4-8-9(5-7-16)19-11(14)10(8)15/h4-7H2,1-3H3. The van der Waals surface area contributed by atoms with Crippen LogP contribution in [0.25, 0.3) is 0 Å². The van der Waals surface area contributed by atoms with Crippen molar-refractivity contribution >= 4 is 45.0 Å². The van der Waals surface area contributed by atoms with Crippen molar-refractivity contribution in [2.75, 3.05) is 13.1 Å². The van der Waals surface area contributed by atoms with Crippen LogP contribution in [-0.2, 0) is 17.6 Å². The smallest absolute Gasteiger partial charge is 0.410 e. The minimum atomic E-state index is -0.450. The molecule has 1 amide bonds. The van der Waals surface area contributed by atoms with Gasteiger partial charge in [-0.3, -0.25) is 0 Å². The van der Waals surface area contributed by atoms with E-state index >= 15 is 0 Å². The molecule has 0 fully saturated rings. The summed E-state index contributed by atoms with van der Waals surface area (Å²) < 4.78 is 6.40. The number of ether oxygens (including phenoxy) is 1. The highest BCUT2D eigenvalue weighted by atomic mass is 79.9. The third kappa shape index (κ3) is 3.64. The zero-order valence-corrected chi connectivity index (χ0v) is 14.4. The molecule has 0 N–H and O–H groups in total. The van der Waals surface area contributed by atoms with Gasteiger partial charge in [-0.1, -0.05) is 11.6 Å². The summed E-state index contributed by atoms with van der Waals surface area (Å²) in [5.41, 5.74) is 0.721. The van der Waals surface area contributed by atoms with Crippen molar-refractivity contribution in [3.63, 3.8) is 0 Å². The van der Waals surface area contributed by atoms with Gasteiger partial charge in [0.2, 0.25) is 0 Å². The molecule has 0 saturated heterocycles. The van der Waals surface area contributed by atoms with Crippen LogP contribution in [0.5, 0.6) is 0 Å². The van der Waals surface area contributed by atoms with E-state index in [4.69, 9.17) is 16.3 Å². The van der Waals surface area contributed by atoms with Gasteiger partial charge in [0.25, 0.3) is 0 Å². The van der Waals surface area contributed by atoms with E-state index in [9.17, 15) is 4.79 Å². The highest BCUT2D eigenvalue weighted by Gasteiger charge is 2.26. The molecular formula is C13H17BrClNO2S. The van der Waals surface area contributed by atoms with Gasteiger partial charge in [-0.05, 0) is 55.1 Å². The molecule has 106 valence electrons. The van der Waals surface area contributed by atoms with E-state index < -0.39 is 5.60 Å². The lowest BCUT2D eigenvalue weighted by atomic mass is 10.2. The molecule has 1 aliphatic heterocycles. The monoisotopic (exact) mass is 365 g/mol. The average molecular weight is 367 g/mol. The van der Waals surface area contributed by atoms with Crippen molar-refractivity contribution in [3.8, 4) is 0 Å². The fourth-order valence-electron chi connectivity index (χ4n) is 2.01. The molecule has 0 bridgehead atoms. The number of amides is 1. The second-order valence-electron chi connectivity index (χ2n) is 5.56. The van der Waals surface area contributed by atoms with Crippen molar-refractivity contribution < 1.29 is 9.53 Å². The lowest BCUT2D eigenvalue weighted by molar-refractivity contribution is 0.0258. The molecule has 6 heteroatoms. The largest absolute Gasteiger partial charge is 0.444 e. The quantitative estimate of drug-likeness (QED) is 0.676. The van der Waals surface area contributed by atoms with E-state index in [1.807, 2.05) is 20.8 Å². The normalized spacial score (nSPS) is 15.9. The first-order chi connectivity index (χ1) is 8.78. The number of carbonyl (C=O) groups is 1. The molecule has 2 heterocycles. The van der Waals surface area contributed by atoms with E-state index in [0.717, 1.165) is 21.7 Å². The first-order valence-electron chi connectivity index (χ1n) is 6.21. The molecule has 1 aliphatic rings. The van der Waals surface area contributed by atoms with Crippen LogP contribution in [0.3, 0.4) is 0 Å². The second-order valence-corrected chi connectivity index (χ2v) is 8.36. The fraction of sp³-hybridized carbons (Fsp3) is 0.615. The van der Waals surface area contributed by atoms with Crippen LogP contribution < -0.4 is 0 Å². The summed E-state index contributed by atoms with van der Waals surface area (Å²) in [6, 6.07) is 0. The molecule has 0 radical (unpaired) electrons. The highest BCUT2D eigenvalue weighted by molar-refractivity contribution is 9.11. The van der Waals surface area contributed by atoms with Crippen LogP contribution >= 0.6 is 38.9 Å². The predicted molar refractivity (Wildman–Crippen MR) is 82.2 cm³/mol. The van der Waals surface area contributed by atoms with Crippen LogP contribution in [0.15, 0.2) is 3.79 Å². The Morgan fingerprint density at radius 3 is 2.63 bits per heavy atom. The predicted octanol–water partition coefficient (Wildman–Crippen LogP) is 4.50. The van der Waals surface area contributed by atoms with Gasteiger partial charge in [0, 0.05) is 18.0 Å². The minimum Gasteiger partial charge on any atom is -0.444 e. The maximum Gasteiger partial charge on any atom is 0.410 e. The van der Waals surface area contributed by atoms with Gasteiger partial charge in [-0.15, -0.1) is 11.3 Å². The highest BCUT2D eigenvalue weighted by Crippen LogP contribution is 2.38. The molecule has 0 aromatic carbocycles. The Kier molecular flexibility index (Phi) is 4.48. The van der Waals surface area contributed by atoms with Gasteiger partial charge in [0.05, 0.1) is 8.81 Å². The zero-order chi connectivity index (χ0) is 14.2. The summed E-state index contributed by atoms with van der Waals surface area (Å²) in [6.45, 7) is 6.99. The number of thiophene rings is 1. The molecule has 1 aromatic heterocycles. The van der Waals surface area contributed by atoms with E-state index in [0.29, 0.717) is 13.1 Å². The third-order valence-electron chi connectivity index (χ3n) is 2.88. The zero-order valence-electron chi connectivity index (χ0n) is 11.3. The Morgan fingerprint density at radius 2 is 2.00 bits per heavy atom. The molecule has 0 aliphatic carbocycles. The van der Waals surface area contributed by atoms with Gasteiger partial charge >= 0.3 is 6.09 Å². The Labute approximate surface area is 131 Å². The Bertz CT molecular complexity index is 496. The Balaban J connectivity index is 2.06. The summed E-state index contributed by atoms with van der Waals surface area (Å²) in [5, 5.41) is 0.797. The lowest BCUT2D eigenvalue weighted by Crippen LogP contribution is -2.38. The molecule has 2 rings (SSSR count). The lowest BCUT2D eigenvalue weighted by Gasteiger charge is -2.26. The number of hydrogen-bond acceptors (Lipinski definition) is 3. The molecule has 0 saturated carbocycles. The van der Waals surface area contributed by atoms with Crippen molar-refractivity contribution in [1.82, 2.24) is 4.90 Å². The van der Waals surface area contributed by atoms with Gasteiger partial charge < -0.3 is 9.64 Å². The molecule has 0 atom stereocenters. The van der Waals surface area contributed by atoms with Crippen molar-refractivity contribution in [2.24, 2.45) is 0 Å². The molecule has 0 spiro atoms. The fourth-order valence-corrected chi connectivity index (χ4v) is 4.17. The van der Waals surface area contributed by atoms with E-state index in [1.165, 1.54) is 10.4 Å². The number of nitrogens with zero attached hydrogens (tertiary/aromatic N) is 1. The van der Waals surface area contributed by atoms with Crippen LogP contribution in [-0.4, -0.2) is 29.7 Å². The first-order valence-corrected chi connectivity index (χ1v) is 8.20. The van der Waals surface area contributed by atoms with Crippen LogP contribution in [0, 0.1) is 0 Å². The summed E-state index contributed by atoms with van der Waals surface area (Å²) in [5.74, 6) is 0. The maximum atomic E-state index is 12.1. The number of hydrogen-bond donors (Lipinski definition) is 0. The van der Waals surface area contributed by atoms with Gasteiger partial charge in [-0.2, -0.15) is 0 Å². The van der Waals surface area contributed by atoms with E-state index in [1.54, 1.807) is 16.2 Å². The van der Waals surface area contributed by atoms with E-state index in [2.05, 4.69) is 15.9 Å². The van der Waals surface area contributed by atoms with Crippen molar-refractivity contribution in [1.29, 1.82) is 0 Å². The number of fused-ring (bicyclic) bond motifs is 1. The molecule has 19 heavy (non-hydrogen) atoms. The van der Waals surface area contributed by atoms with Crippen molar-refractivity contribution in [2.45, 2.75) is 39.2 Å². The number of halogens is 2. The SMILES string of the molecule is CC(C)(C)OC(=O)N1CCc2sc(Br)c(Cl)c2CC1. The Hall–Kier alpha value is -0.260. The van der Waals surface area contributed by atoms with Crippen LogP contribution in [0.1, 0.15) is 31.2 Å². The minimum absolute atomic E-state index is 0.238. The van der Waals surface area contributed by atoms with E-state index in [-0.39, 0.29) is 6.09 Å². The molecular weight excluding hydrogens is 350 g/mol. The van der Waals surface area contributed by atoms with Crippen LogP contribution in [0.2, 0.25) is 5.02 Å². The summed E-state index contributed by atoms with van der Waals surface area (Å²) in [7, 11) is 0. The second kappa shape index (κ2) is 5.62. The number of carbonyl (C=O) groups excluding carboxylic acids is 1. The summed E-state index contributed by atoms with van der Waals surface area (Å²) in [4.78, 5) is 15.1. The average Bonchev–Trinajstić information content (AvgIpc) is 2.48. The van der Waals surface area contributed by atoms with Gasteiger partial charge in [-0.25, -0.2) is 4.79 Å². The topological polar surface area (TPSA) is 29.5 Å². The Morgan fingerprint density at radius 1 is 1.37 bits per heavy atom. The van der Waals surface area contributed by atoms with Gasteiger partial charge in [0.15, 0.2) is 0 Å². The number of rotatable bonds is 0. The summed E-state index contributed by atoms with van der Waals surface area (Å²) >= 11 is 11.4. The van der Waals surface area contributed by atoms with Crippen molar-refractivity contribution in [3.05, 3.63) is 19.2 Å². The first kappa shape index (κ1) is 15.1. The molecule has 0 unspecified atom stereocenters. The molecule has 1 aromatic rings.